The Balaban J connectivity index is 2.40. The number of carbonyl (C=O) groups excluding carboxylic acids is 1. The molecule has 0 spiro atoms. The molecular formula is C17H18Cl2N2O2. The SMILES string of the molecule is CCOC(=O)c1c(Cl)nc(-c2ccc(C(C)(C)C)cc2)nc1Cl. The number of ether oxygens (including phenoxy) is 1. The highest BCUT2D eigenvalue weighted by Crippen LogP contribution is 2.28. The van der Waals surface area contributed by atoms with Crippen molar-refractivity contribution >= 4 is 29.2 Å². The predicted molar refractivity (Wildman–Crippen MR) is 92.1 cm³/mol. The third-order valence-electron chi connectivity index (χ3n) is 3.31. The van der Waals surface area contributed by atoms with Gasteiger partial charge in [-0.25, -0.2) is 14.8 Å². The van der Waals surface area contributed by atoms with E-state index in [2.05, 4.69) is 30.7 Å². The fraction of sp³-hybridized carbons (Fsp3) is 0.353. The Morgan fingerprint density at radius 2 is 1.61 bits per heavy atom. The van der Waals surface area contributed by atoms with Crippen LogP contribution in [-0.4, -0.2) is 22.5 Å². The Bertz CT molecular complexity index is 699. The maximum atomic E-state index is 11.8. The van der Waals surface area contributed by atoms with Crippen LogP contribution >= 0.6 is 23.2 Å². The van der Waals surface area contributed by atoms with Gasteiger partial charge in [0.05, 0.1) is 6.61 Å². The van der Waals surface area contributed by atoms with Crippen LogP contribution < -0.4 is 0 Å². The van der Waals surface area contributed by atoms with Crippen LogP contribution in [0.5, 0.6) is 0 Å². The highest BCUT2D eigenvalue weighted by Gasteiger charge is 2.21. The lowest BCUT2D eigenvalue weighted by Gasteiger charge is -2.19. The number of rotatable bonds is 3. The minimum absolute atomic E-state index is 0.00903. The smallest absolute Gasteiger partial charge is 0.344 e. The molecule has 0 fully saturated rings. The molecular weight excluding hydrogens is 335 g/mol. The third kappa shape index (κ3) is 4.01. The van der Waals surface area contributed by atoms with Crippen molar-refractivity contribution in [1.29, 1.82) is 0 Å². The Morgan fingerprint density at radius 1 is 1.09 bits per heavy atom. The molecule has 4 nitrogen and oxygen atoms in total. The van der Waals surface area contributed by atoms with E-state index in [1.165, 1.54) is 5.56 Å². The maximum absolute atomic E-state index is 11.8. The Kier molecular flexibility index (Phi) is 5.27. The molecule has 122 valence electrons. The summed E-state index contributed by atoms with van der Waals surface area (Å²) >= 11 is 12.2. The number of nitrogens with zero attached hydrogens (tertiary/aromatic N) is 2. The normalized spacial score (nSPS) is 11.4. The molecule has 0 bridgehead atoms. The molecule has 0 aliphatic heterocycles. The van der Waals surface area contributed by atoms with Gasteiger partial charge >= 0.3 is 5.97 Å². The number of hydrogen-bond acceptors (Lipinski definition) is 4. The van der Waals surface area contributed by atoms with Crippen molar-refractivity contribution in [2.45, 2.75) is 33.1 Å². The second-order valence-electron chi connectivity index (χ2n) is 6.05. The second kappa shape index (κ2) is 6.85. The molecule has 6 heteroatoms. The Morgan fingerprint density at radius 3 is 2.04 bits per heavy atom. The Hall–Kier alpha value is -1.65. The van der Waals surface area contributed by atoms with Crippen LogP contribution in [0, 0.1) is 0 Å². The fourth-order valence-electron chi connectivity index (χ4n) is 2.03. The molecule has 1 aromatic carbocycles. The van der Waals surface area contributed by atoms with Gasteiger partial charge in [0.1, 0.15) is 15.9 Å². The van der Waals surface area contributed by atoms with Crippen molar-refractivity contribution in [3.63, 3.8) is 0 Å². The van der Waals surface area contributed by atoms with Gasteiger partial charge in [0.2, 0.25) is 0 Å². The maximum Gasteiger partial charge on any atom is 0.344 e. The molecule has 0 saturated carbocycles. The summed E-state index contributed by atoms with van der Waals surface area (Å²) in [5.41, 5.74) is 2.02. The molecule has 0 N–H and O–H groups in total. The van der Waals surface area contributed by atoms with Crippen molar-refractivity contribution in [2.75, 3.05) is 6.61 Å². The van der Waals surface area contributed by atoms with Crippen LogP contribution in [0.4, 0.5) is 0 Å². The van der Waals surface area contributed by atoms with Crippen molar-refractivity contribution in [1.82, 2.24) is 9.97 Å². The van der Waals surface area contributed by atoms with Gasteiger partial charge in [-0.1, -0.05) is 68.2 Å². The van der Waals surface area contributed by atoms with Gasteiger partial charge in [-0.2, -0.15) is 0 Å². The standard InChI is InChI=1S/C17H18Cl2N2O2/c1-5-23-16(22)12-13(18)20-15(21-14(12)19)10-6-8-11(9-7-10)17(2,3)4/h6-9H,5H2,1-4H3. The van der Waals surface area contributed by atoms with Crippen molar-refractivity contribution < 1.29 is 9.53 Å². The summed E-state index contributed by atoms with van der Waals surface area (Å²) in [6, 6.07) is 7.85. The zero-order chi connectivity index (χ0) is 17.2. The monoisotopic (exact) mass is 352 g/mol. The highest BCUT2D eigenvalue weighted by atomic mass is 35.5. The van der Waals surface area contributed by atoms with E-state index in [4.69, 9.17) is 27.9 Å². The molecule has 2 aromatic rings. The van der Waals surface area contributed by atoms with E-state index in [1.54, 1.807) is 6.92 Å². The van der Waals surface area contributed by atoms with Crippen LogP contribution in [0.1, 0.15) is 43.6 Å². The van der Waals surface area contributed by atoms with Crippen LogP contribution in [0.15, 0.2) is 24.3 Å². The predicted octanol–water partition coefficient (Wildman–Crippen LogP) is 4.92. The first-order chi connectivity index (χ1) is 10.7. The molecule has 1 heterocycles. The average Bonchev–Trinajstić information content (AvgIpc) is 2.46. The summed E-state index contributed by atoms with van der Waals surface area (Å²) in [5.74, 6) is -0.259. The molecule has 0 aliphatic rings. The lowest BCUT2D eigenvalue weighted by atomic mass is 9.87. The van der Waals surface area contributed by atoms with Crippen molar-refractivity contribution in [3.05, 3.63) is 45.7 Å². The minimum atomic E-state index is -0.628. The van der Waals surface area contributed by atoms with Gasteiger partial charge < -0.3 is 4.74 Å². The molecule has 0 saturated heterocycles. The van der Waals surface area contributed by atoms with E-state index >= 15 is 0 Å². The van der Waals surface area contributed by atoms with Gasteiger partial charge in [0.25, 0.3) is 0 Å². The van der Waals surface area contributed by atoms with Gasteiger partial charge in [-0.3, -0.25) is 0 Å². The summed E-state index contributed by atoms with van der Waals surface area (Å²) < 4.78 is 4.90. The number of halogens is 2. The van der Waals surface area contributed by atoms with Crippen molar-refractivity contribution in [3.8, 4) is 11.4 Å². The number of benzene rings is 1. The average molecular weight is 353 g/mol. The van der Waals surface area contributed by atoms with E-state index in [0.29, 0.717) is 5.82 Å². The van der Waals surface area contributed by atoms with E-state index in [-0.39, 0.29) is 27.9 Å². The summed E-state index contributed by atoms with van der Waals surface area (Å²) in [4.78, 5) is 20.2. The van der Waals surface area contributed by atoms with Gasteiger partial charge in [-0.15, -0.1) is 0 Å². The number of esters is 1. The molecule has 1 aromatic heterocycles. The van der Waals surface area contributed by atoms with Gasteiger partial charge in [0.15, 0.2) is 5.82 Å². The number of carbonyl (C=O) groups is 1. The molecule has 23 heavy (non-hydrogen) atoms. The molecule has 0 aliphatic carbocycles. The van der Waals surface area contributed by atoms with Crippen LogP contribution in [0.25, 0.3) is 11.4 Å². The first-order valence-electron chi connectivity index (χ1n) is 7.25. The topological polar surface area (TPSA) is 52.1 Å². The molecule has 0 unspecified atom stereocenters. The van der Waals surface area contributed by atoms with Crippen LogP contribution in [0.3, 0.4) is 0 Å². The first kappa shape index (κ1) is 17.7. The van der Waals surface area contributed by atoms with Crippen LogP contribution in [0.2, 0.25) is 10.3 Å². The Labute approximate surface area is 145 Å². The third-order valence-corrected chi connectivity index (χ3v) is 3.86. The summed E-state index contributed by atoms with van der Waals surface area (Å²) in [5, 5.41) is -0.0308. The summed E-state index contributed by atoms with van der Waals surface area (Å²) in [7, 11) is 0. The van der Waals surface area contributed by atoms with E-state index in [0.717, 1.165) is 5.56 Å². The van der Waals surface area contributed by atoms with E-state index in [9.17, 15) is 4.79 Å². The molecule has 0 atom stereocenters. The molecule has 0 amide bonds. The fourth-order valence-corrected chi connectivity index (χ4v) is 2.57. The van der Waals surface area contributed by atoms with Crippen molar-refractivity contribution in [2.24, 2.45) is 0 Å². The minimum Gasteiger partial charge on any atom is -0.462 e. The second-order valence-corrected chi connectivity index (χ2v) is 6.77. The molecule has 2 rings (SSSR count). The lowest BCUT2D eigenvalue weighted by Crippen LogP contribution is -2.11. The first-order valence-corrected chi connectivity index (χ1v) is 8.00. The number of hydrogen-bond donors (Lipinski definition) is 0. The summed E-state index contributed by atoms with van der Waals surface area (Å²) in [6.45, 7) is 8.34. The van der Waals surface area contributed by atoms with Gasteiger partial charge in [-0.05, 0) is 17.9 Å². The van der Waals surface area contributed by atoms with Gasteiger partial charge in [0, 0.05) is 5.56 Å². The zero-order valence-corrected chi connectivity index (χ0v) is 15.0. The quantitative estimate of drug-likeness (QED) is 0.580. The van der Waals surface area contributed by atoms with E-state index < -0.39 is 5.97 Å². The number of aromatic nitrogens is 2. The largest absolute Gasteiger partial charge is 0.462 e. The lowest BCUT2D eigenvalue weighted by molar-refractivity contribution is 0.0526. The highest BCUT2D eigenvalue weighted by molar-refractivity contribution is 6.38. The van der Waals surface area contributed by atoms with E-state index in [1.807, 2.05) is 24.3 Å². The molecule has 0 radical (unpaired) electrons. The van der Waals surface area contributed by atoms with Crippen LogP contribution in [-0.2, 0) is 10.2 Å². The zero-order valence-electron chi connectivity index (χ0n) is 13.5. The summed E-state index contributed by atoms with van der Waals surface area (Å²) in [6.07, 6.45) is 0.